The van der Waals surface area contributed by atoms with E-state index in [1.165, 1.54) is 6.42 Å². The predicted molar refractivity (Wildman–Crippen MR) is 70.6 cm³/mol. The fourth-order valence-electron chi connectivity index (χ4n) is 1.99. The van der Waals surface area contributed by atoms with Crippen LogP contribution in [0, 0.1) is 0 Å². The van der Waals surface area contributed by atoms with E-state index in [0.717, 1.165) is 25.7 Å². The zero-order chi connectivity index (χ0) is 13.6. The maximum absolute atomic E-state index is 11.6. The molecule has 1 saturated carbocycles. The van der Waals surface area contributed by atoms with E-state index in [0.29, 0.717) is 6.61 Å². The van der Waals surface area contributed by atoms with Crippen LogP contribution in [-0.2, 0) is 4.74 Å². The van der Waals surface area contributed by atoms with Gasteiger partial charge in [-0.1, -0.05) is 6.42 Å². The monoisotopic (exact) mass is 255 g/mol. The molecule has 1 N–H and O–H groups in total. The SMILES string of the molecule is CCOC(=O)NC1(N=NC(C)(C)C)CCCCC1. The van der Waals surface area contributed by atoms with Gasteiger partial charge in [-0.15, -0.1) is 0 Å². The lowest BCUT2D eigenvalue weighted by Crippen LogP contribution is -2.48. The van der Waals surface area contributed by atoms with Gasteiger partial charge in [-0.3, -0.25) is 5.32 Å². The van der Waals surface area contributed by atoms with Gasteiger partial charge in [-0.2, -0.15) is 10.2 Å². The molecule has 0 aromatic heterocycles. The molecule has 1 aliphatic carbocycles. The van der Waals surface area contributed by atoms with Gasteiger partial charge in [0.15, 0.2) is 5.66 Å². The molecule has 0 aliphatic heterocycles. The first-order valence-corrected chi connectivity index (χ1v) is 6.76. The van der Waals surface area contributed by atoms with Gasteiger partial charge in [-0.25, -0.2) is 4.79 Å². The average molecular weight is 255 g/mol. The molecular weight excluding hydrogens is 230 g/mol. The van der Waals surface area contributed by atoms with Crippen molar-refractivity contribution in [3.63, 3.8) is 0 Å². The first-order valence-electron chi connectivity index (χ1n) is 6.76. The van der Waals surface area contributed by atoms with Crippen LogP contribution in [0.25, 0.3) is 0 Å². The molecule has 5 heteroatoms. The molecule has 1 amide bonds. The molecule has 0 spiro atoms. The third kappa shape index (κ3) is 5.02. The Morgan fingerprint density at radius 2 is 1.89 bits per heavy atom. The van der Waals surface area contributed by atoms with E-state index in [1.807, 2.05) is 20.8 Å². The highest BCUT2D eigenvalue weighted by Crippen LogP contribution is 2.30. The molecule has 1 rings (SSSR count). The fraction of sp³-hybridized carbons (Fsp3) is 0.923. The van der Waals surface area contributed by atoms with Crippen molar-refractivity contribution in [3.05, 3.63) is 0 Å². The molecule has 1 fully saturated rings. The normalized spacial score (nSPS) is 19.8. The zero-order valence-corrected chi connectivity index (χ0v) is 12.0. The largest absolute Gasteiger partial charge is 0.450 e. The van der Waals surface area contributed by atoms with Crippen molar-refractivity contribution >= 4 is 6.09 Å². The van der Waals surface area contributed by atoms with Crippen LogP contribution in [-0.4, -0.2) is 23.9 Å². The number of alkyl carbamates (subject to hydrolysis) is 1. The maximum Gasteiger partial charge on any atom is 0.409 e. The van der Waals surface area contributed by atoms with E-state index in [-0.39, 0.29) is 5.54 Å². The number of carbonyl (C=O) groups excluding carboxylic acids is 1. The molecule has 0 bridgehead atoms. The quantitative estimate of drug-likeness (QED) is 0.782. The second-order valence-corrected chi connectivity index (χ2v) is 5.81. The lowest BCUT2D eigenvalue weighted by molar-refractivity contribution is 0.127. The van der Waals surface area contributed by atoms with E-state index in [9.17, 15) is 4.79 Å². The summed E-state index contributed by atoms with van der Waals surface area (Å²) < 4.78 is 4.95. The van der Waals surface area contributed by atoms with E-state index in [1.54, 1.807) is 6.92 Å². The molecule has 0 aromatic carbocycles. The topological polar surface area (TPSA) is 63.0 Å². The number of ether oxygens (including phenoxy) is 1. The molecule has 0 radical (unpaired) electrons. The molecule has 1 aliphatic rings. The number of amides is 1. The summed E-state index contributed by atoms with van der Waals surface area (Å²) in [6.07, 6.45) is 4.60. The Kier molecular flexibility index (Phi) is 5.11. The minimum atomic E-state index is -0.558. The van der Waals surface area contributed by atoms with Gasteiger partial charge in [0.25, 0.3) is 0 Å². The van der Waals surface area contributed by atoms with Gasteiger partial charge < -0.3 is 4.74 Å². The highest BCUT2D eigenvalue weighted by Gasteiger charge is 2.34. The lowest BCUT2D eigenvalue weighted by Gasteiger charge is -2.33. The summed E-state index contributed by atoms with van der Waals surface area (Å²) in [5.74, 6) is 0. The van der Waals surface area contributed by atoms with Crippen LogP contribution in [0.4, 0.5) is 4.79 Å². The van der Waals surface area contributed by atoms with Crippen molar-refractivity contribution in [1.82, 2.24) is 5.32 Å². The fourth-order valence-corrected chi connectivity index (χ4v) is 1.99. The molecule has 5 nitrogen and oxygen atoms in total. The number of azo groups is 1. The van der Waals surface area contributed by atoms with Crippen molar-refractivity contribution in [1.29, 1.82) is 0 Å². The summed E-state index contributed by atoms with van der Waals surface area (Å²) in [7, 11) is 0. The Morgan fingerprint density at radius 3 is 2.39 bits per heavy atom. The van der Waals surface area contributed by atoms with Gasteiger partial charge in [-0.05, 0) is 53.4 Å². The van der Waals surface area contributed by atoms with E-state index in [4.69, 9.17) is 4.74 Å². The minimum absolute atomic E-state index is 0.221. The Labute approximate surface area is 109 Å². The first-order chi connectivity index (χ1) is 8.37. The number of rotatable bonds is 3. The standard InChI is InChI=1S/C13H25N3O2/c1-5-18-11(17)14-13(9-7-6-8-10-13)16-15-12(2,3)4/h5-10H2,1-4H3,(H,14,17). The van der Waals surface area contributed by atoms with Gasteiger partial charge >= 0.3 is 6.09 Å². The van der Waals surface area contributed by atoms with Crippen LogP contribution in [0.3, 0.4) is 0 Å². The zero-order valence-electron chi connectivity index (χ0n) is 12.0. The molecular formula is C13H25N3O2. The van der Waals surface area contributed by atoms with Crippen LogP contribution in [0.5, 0.6) is 0 Å². The van der Waals surface area contributed by atoms with Crippen LogP contribution in [0.2, 0.25) is 0 Å². The average Bonchev–Trinajstić information content (AvgIpc) is 2.27. The highest BCUT2D eigenvalue weighted by atomic mass is 16.5. The van der Waals surface area contributed by atoms with Crippen molar-refractivity contribution in [3.8, 4) is 0 Å². The Hall–Kier alpha value is -1.13. The minimum Gasteiger partial charge on any atom is -0.450 e. The van der Waals surface area contributed by atoms with E-state index < -0.39 is 11.8 Å². The second-order valence-electron chi connectivity index (χ2n) is 5.81. The van der Waals surface area contributed by atoms with Crippen molar-refractivity contribution in [2.24, 2.45) is 10.2 Å². The Bertz CT molecular complexity index is 302. The van der Waals surface area contributed by atoms with Crippen LogP contribution in [0.1, 0.15) is 59.8 Å². The molecule has 104 valence electrons. The maximum atomic E-state index is 11.6. The molecule has 18 heavy (non-hydrogen) atoms. The van der Waals surface area contributed by atoms with Crippen molar-refractivity contribution in [2.75, 3.05) is 6.61 Å². The Morgan fingerprint density at radius 1 is 1.28 bits per heavy atom. The van der Waals surface area contributed by atoms with Crippen LogP contribution in [0.15, 0.2) is 10.2 Å². The third-order valence-electron chi connectivity index (χ3n) is 2.83. The van der Waals surface area contributed by atoms with Crippen LogP contribution >= 0.6 is 0 Å². The summed E-state index contributed by atoms with van der Waals surface area (Å²) in [6, 6.07) is 0. The number of carbonyl (C=O) groups is 1. The molecule has 0 aromatic rings. The van der Waals surface area contributed by atoms with E-state index >= 15 is 0 Å². The highest BCUT2D eigenvalue weighted by molar-refractivity contribution is 5.68. The van der Waals surface area contributed by atoms with Gasteiger partial charge in [0, 0.05) is 0 Å². The smallest absolute Gasteiger partial charge is 0.409 e. The first kappa shape index (κ1) is 14.9. The van der Waals surface area contributed by atoms with E-state index in [2.05, 4.69) is 15.5 Å². The predicted octanol–water partition coefficient (Wildman–Crippen LogP) is 3.64. The molecule has 0 heterocycles. The van der Waals surface area contributed by atoms with Crippen molar-refractivity contribution in [2.45, 2.75) is 71.0 Å². The molecule has 0 unspecified atom stereocenters. The van der Waals surface area contributed by atoms with Gasteiger partial charge in [0.1, 0.15) is 0 Å². The molecule has 0 saturated heterocycles. The number of hydrogen-bond acceptors (Lipinski definition) is 4. The molecule has 0 atom stereocenters. The summed E-state index contributed by atoms with van der Waals surface area (Å²) in [6.45, 7) is 8.16. The van der Waals surface area contributed by atoms with Crippen LogP contribution < -0.4 is 5.32 Å². The number of nitrogens with zero attached hydrogens (tertiary/aromatic N) is 2. The van der Waals surface area contributed by atoms with Gasteiger partial charge in [0.05, 0.1) is 12.1 Å². The second kappa shape index (κ2) is 6.16. The summed E-state index contributed by atoms with van der Waals surface area (Å²) in [5, 5.41) is 11.6. The van der Waals surface area contributed by atoms with Gasteiger partial charge in [0.2, 0.25) is 0 Å². The summed E-state index contributed by atoms with van der Waals surface area (Å²) in [4.78, 5) is 11.6. The third-order valence-corrected chi connectivity index (χ3v) is 2.83. The summed E-state index contributed by atoms with van der Waals surface area (Å²) >= 11 is 0. The lowest BCUT2D eigenvalue weighted by atomic mass is 9.90. The summed E-state index contributed by atoms with van der Waals surface area (Å²) in [5.41, 5.74) is -0.779. The number of hydrogen-bond donors (Lipinski definition) is 1. The Balaban J connectivity index is 2.75. The van der Waals surface area contributed by atoms with Crippen molar-refractivity contribution < 1.29 is 9.53 Å². The number of nitrogens with one attached hydrogen (secondary N) is 1.